The summed E-state index contributed by atoms with van der Waals surface area (Å²) in [6.45, 7) is 6.83. The number of hydrogen-bond acceptors (Lipinski definition) is 4. The fourth-order valence-corrected chi connectivity index (χ4v) is 3.81. The van der Waals surface area contributed by atoms with E-state index in [4.69, 9.17) is 0 Å². The van der Waals surface area contributed by atoms with Gasteiger partial charge >= 0.3 is 6.03 Å². The van der Waals surface area contributed by atoms with Crippen molar-refractivity contribution in [3.8, 4) is 0 Å². The first-order valence-corrected chi connectivity index (χ1v) is 10.4. The number of benzene rings is 1. The quantitative estimate of drug-likeness (QED) is 0.816. The molecule has 0 spiro atoms. The van der Waals surface area contributed by atoms with Crippen LogP contribution < -0.4 is 10.0 Å². The van der Waals surface area contributed by atoms with Crippen LogP contribution in [-0.4, -0.2) is 44.4 Å². The van der Waals surface area contributed by atoms with Gasteiger partial charge in [-0.2, -0.15) is 0 Å². The van der Waals surface area contributed by atoms with Crippen LogP contribution in [0.5, 0.6) is 0 Å². The molecule has 2 rings (SSSR count). The predicted octanol–water partition coefficient (Wildman–Crippen LogP) is 2.02. The second-order valence-electron chi connectivity index (χ2n) is 7.00. The molecule has 1 saturated heterocycles. The molecule has 1 aliphatic heterocycles. The molecule has 0 unspecified atom stereocenters. The molecule has 1 aromatic rings. The molecule has 144 valence electrons. The lowest BCUT2D eigenvalue weighted by molar-refractivity contribution is -0.135. The average Bonchev–Trinajstić information content (AvgIpc) is 2.59. The van der Waals surface area contributed by atoms with Crippen molar-refractivity contribution in [3.05, 3.63) is 29.8 Å². The first-order valence-electron chi connectivity index (χ1n) is 8.89. The van der Waals surface area contributed by atoms with E-state index in [9.17, 15) is 18.0 Å². The zero-order chi connectivity index (χ0) is 19.3. The van der Waals surface area contributed by atoms with Crippen molar-refractivity contribution in [1.29, 1.82) is 0 Å². The fourth-order valence-electron chi connectivity index (χ4n) is 2.89. The highest BCUT2D eigenvalue weighted by Crippen LogP contribution is 2.14. The number of carbonyl (C=O) groups excluding carboxylic acids is 2. The summed E-state index contributed by atoms with van der Waals surface area (Å²) in [7, 11) is -3.99. The molecule has 3 amide bonds. The lowest BCUT2D eigenvalue weighted by Gasteiger charge is -2.32. The third-order valence-corrected chi connectivity index (χ3v) is 5.79. The number of sulfonamides is 1. The number of rotatable bonds is 5. The molecule has 1 fully saturated rings. The normalized spacial score (nSPS) is 16.2. The van der Waals surface area contributed by atoms with Gasteiger partial charge in [0, 0.05) is 13.1 Å². The number of carbonyl (C=O) groups is 2. The number of urea groups is 1. The van der Waals surface area contributed by atoms with Crippen molar-refractivity contribution < 1.29 is 18.0 Å². The lowest BCUT2D eigenvalue weighted by atomic mass is 10.0. The number of aryl methyl sites for hydroxylation is 1. The molecule has 0 aromatic heterocycles. The van der Waals surface area contributed by atoms with E-state index in [0.29, 0.717) is 13.1 Å². The van der Waals surface area contributed by atoms with Crippen LogP contribution in [0.1, 0.15) is 38.7 Å². The predicted molar refractivity (Wildman–Crippen MR) is 99.1 cm³/mol. The van der Waals surface area contributed by atoms with Crippen molar-refractivity contribution in [2.24, 2.45) is 5.92 Å². The minimum Gasteiger partial charge on any atom is -0.341 e. The van der Waals surface area contributed by atoms with E-state index in [0.717, 1.165) is 24.8 Å². The number of hydrogen-bond donors (Lipinski definition) is 2. The highest BCUT2D eigenvalue weighted by molar-refractivity contribution is 7.90. The van der Waals surface area contributed by atoms with Crippen LogP contribution in [-0.2, 0) is 14.8 Å². The maximum absolute atomic E-state index is 12.7. The molecule has 0 saturated carbocycles. The van der Waals surface area contributed by atoms with Crippen molar-refractivity contribution in [1.82, 2.24) is 14.9 Å². The third-order valence-electron chi connectivity index (χ3n) is 4.45. The van der Waals surface area contributed by atoms with Crippen molar-refractivity contribution >= 4 is 22.0 Å². The van der Waals surface area contributed by atoms with Crippen LogP contribution in [0.25, 0.3) is 0 Å². The van der Waals surface area contributed by atoms with E-state index >= 15 is 0 Å². The summed E-state index contributed by atoms with van der Waals surface area (Å²) >= 11 is 0. The van der Waals surface area contributed by atoms with Gasteiger partial charge in [0.25, 0.3) is 10.0 Å². The largest absolute Gasteiger partial charge is 0.341 e. The van der Waals surface area contributed by atoms with Gasteiger partial charge in [-0.25, -0.2) is 17.9 Å². The van der Waals surface area contributed by atoms with Gasteiger partial charge in [-0.1, -0.05) is 31.5 Å². The summed E-state index contributed by atoms with van der Waals surface area (Å²) in [4.78, 5) is 26.7. The van der Waals surface area contributed by atoms with E-state index in [2.05, 4.69) is 5.32 Å². The van der Waals surface area contributed by atoms with Gasteiger partial charge in [0.1, 0.15) is 6.04 Å². The SMILES string of the molecule is Cc1ccc(S(=O)(=O)NC(=O)N[C@H](C(=O)N2CCCCC2)C(C)C)cc1. The van der Waals surface area contributed by atoms with Crippen LogP contribution in [0.15, 0.2) is 29.2 Å². The Morgan fingerprint density at radius 3 is 2.15 bits per heavy atom. The van der Waals surface area contributed by atoms with Gasteiger partial charge in [0.15, 0.2) is 0 Å². The second kappa shape index (κ2) is 8.53. The van der Waals surface area contributed by atoms with Crippen LogP contribution in [0, 0.1) is 12.8 Å². The van der Waals surface area contributed by atoms with Gasteiger partial charge in [0.2, 0.25) is 5.91 Å². The summed E-state index contributed by atoms with van der Waals surface area (Å²) < 4.78 is 26.6. The van der Waals surface area contributed by atoms with Crippen molar-refractivity contribution in [3.63, 3.8) is 0 Å². The smallest absolute Gasteiger partial charge is 0.329 e. The Morgan fingerprint density at radius 1 is 1.04 bits per heavy atom. The zero-order valence-electron chi connectivity index (χ0n) is 15.5. The minimum atomic E-state index is -3.99. The van der Waals surface area contributed by atoms with Gasteiger partial charge in [-0.3, -0.25) is 4.79 Å². The molecule has 1 aromatic carbocycles. The van der Waals surface area contributed by atoms with Gasteiger partial charge in [-0.05, 0) is 44.2 Å². The summed E-state index contributed by atoms with van der Waals surface area (Å²) in [5.41, 5.74) is 0.917. The first-order chi connectivity index (χ1) is 12.2. The van der Waals surface area contributed by atoms with Gasteiger partial charge in [0.05, 0.1) is 4.90 Å². The number of nitrogens with zero attached hydrogens (tertiary/aromatic N) is 1. The Morgan fingerprint density at radius 2 is 1.62 bits per heavy atom. The van der Waals surface area contributed by atoms with E-state index in [1.807, 2.05) is 25.5 Å². The highest BCUT2D eigenvalue weighted by atomic mass is 32.2. The lowest BCUT2D eigenvalue weighted by Crippen LogP contribution is -2.55. The molecule has 0 aliphatic carbocycles. The summed E-state index contributed by atoms with van der Waals surface area (Å²) in [6, 6.07) is 4.52. The third kappa shape index (κ3) is 5.20. The van der Waals surface area contributed by atoms with Crippen LogP contribution in [0.3, 0.4) is 0 Å². The topological polar surface area (TPSA) is 95.6 Å². The van der Waals surface area contributed by atoms with E-state index < -0.39 is 22.1 Å². The number of piperidine rings is 1. The summed E-state index contributed by atoms with van der Waals surface area (Å²) in [5.74, 6) is -0.320. The molecule has 26 heavy (non-hydrogen) atoms. The van der Waals surface area contributed by atoms with Crippen LogP contribution >= 0.6 is 0 Å². The van der Waals surface area contributed by atoms with Crippen molar-refractivity contribution in [2.75, 3.05) is 13.1 Å². The molecule has 2 N–H and O–H groups in total. The molecule has 7 nitrogen and oxygen atoms in total. The maximum atomic E-state index is 12.7. The number of amides is 3. The Kier molecular flexibility index (Phi) is 6.63. The molecule has 0 radical (unpaired) electrons. The van der Waals surface area contributed by atoms with E-state index in [1.165, 1.54) is 12.1 Å². The average molecular weight is 381 g/mol. The van der Waals surface area contributed by atoms with Crippen LogP contribution in [0.2, 0.25) is 0 Å². The van der Waals surface area contributed by atoms with Gasteiger partial charge in [-0.15, -0.1) is 0 Å². The number of nitrogens with one attached hydrogen (secondary N) is 2. The molecular weight excluding hydrogens is 354 g/mol. The van der Waals surface area contributed by atoms with Gasteiger partial charge < -0.3 is 10.2 Å². The molecule has 1 aliphatic rings. The second-order valence-corrected chi connectivity index (χ2v) is 8.68. The zero-order valence-corrected chi connectivity index (χ0v) is 16.3. The molecule has 0 bridgehead atoms. The Bertz CT molecular complexity index is 738. The first kappa shape index (κ1) is 20.2. The fraction of sp³-hybridized carbons (Fsp3) is 0.556. The summed E-state index contributed by atoms with van der Waals surface area (Å²) in [5, 5.41) is 2.53. The molecular formula is C18H27N3O4S. The molecule has 1 heterocycles. The Hall–Kier alpha value is -2.09. The number of likely N-dealkylation sites (tertiary alicyclic amines) is 1. The summed E-state index contributed by atoms with van der Waals surface area (Å²) in [6.07, 6.45) is 2.99. The monoisotopic (exact) mass is 381 g/mol. The molecule has 8 heteroatoms. The minimum absolute atomic E-state index is 0.00158. The van der Waals surface area contributed by atoms with E-state index in [-0.39, 0.29) is 16.7 Å². The van der Waals surface area contributed by atoms with Crippen LogP contribution in [0.4, 0.5) is 4.79 Å². The molecule has 1 atom stereocenters. The standard InChI is InChI=1S/C18H27N3O4S/c1-13(2)16(17(22)21-11-5-4-6-12-21)19-18(23)20-26(24,25)15-9-7-14(3)8-10-15/h7-10,13,16H,4-6,11-12H2,1-3H3,(H2,19,20,23)/t16-/m0/s1. The van der Waals surface area contributed by atoms with Crippen molar-refractivity contribution in [2.45, 2.75) is 51.0 Å². The maximum Gasteiger partial charge on any atom is 0.329 e. The van der Waals surface area contributed by atoms with E-state index in [1.54, 1.807) is 17.0 Å². The highest BCUT2D eigenvalue weighted by Gasteiger charge is 2.30. The Labute approximate surface area is 155 Å². The Balaban J connectivity index is 2.05.